The van der Waals surface area contributed by atoms with Gasteiger partial charge in [-0.2, -0.15) is 4.98 Å². The van der Waals surface area contributed by atoms with Crippen LogP contribution in [0.3, 0.4) is 0 Å². The van der Waals surface area contributed by atoms with Gasteiger partial charge in [0.1, 0.15) is 0 Å². The van der Waals surface area contributed by atoms with Gasteiger partial charge in [-0.1, -0.05) is 0 Å². The van der Waals surface area contributed by atoms with Crippen molar-refractivity contribution in [2.24, 2.45) is 5.73 Å². The Hall–Kier alpha value is -1.20. The lowest BCUT2D eigenvalue weighted by Gasteiger charge is -1.83. The Morgan fingerprint density at radius 2 is 2.33 bits per heavy atom. The molecule has 2 rings (SSSR count). The second-order valence-corrected chi connectivity index (χ2v) is 2.10. The third-order valence-corrected chi connectivity index (χ3v) is 1.34. The van der Waals surface area contributed by atoms with Gasteiger partial charge in [-0.15, -0.1) is 17.5 Å². The van der Waals surface area contributed by atoms with E-state index in [1.54, 1.807) is 23.0 Å². The van der Waals surface area contributed by atoms with Crippen LogP contribution in [0.5, 0.6) is 0 Å². The first-order chi connectivity index (χ1) is 5.40. The van der Waals surface area contributed by atoms with Crippen LogP contribution in [0.2, 0.25) is 0 Å². The highest BCUT2D eigenvalue weighted by Crippen LogP contribution is 1.94. The number of fused-ring (bicyclic) bond motifs is 1. The van der Waals surface area contributed by atoms with Crippen molar-refractivity contribution in [1.82, 2.24) is 19.6 Å². The molecule has 0 fully saturated rings. The molecule has 0 saturated carbocycles. The van der Waals surface area contributed by atoms with Crippen LogP contribution in [0.1, 0.15) is 5.82 Å². The number of hydrogen-bond acceptors (Lipinski definition) is 4. The molecular formula is C6H8ClN5. The summed E-state index contributed by atoms with van der Waals surface area (Å²) in [6.07, 6.45) is 3.46. The Kier molecular flexibility index (Phi) is 2.57. The first-order valence-electron chi connectivity index (χ1n) is 3.26. The van der Waals surface area contributed by atoms with Crippen molar-refractivity contribution in [1.29, 1.82) is 0 Å². The van der Waals surface area contributed by atoms with Gasteiger partial charge in [-0.05, 0) is 6.07 Å². The maximum Gasteiger partial charge on any atom is 0.252 e. The van der Waals surface area contributed by atoms with E-state index in [2.05, 4.69) is 15.1 Å². The molecule has 2 aromatic heterocycles. The summed E-state index contributed by atoms with van der Waals surface area (Å²) >= 11 is 0. The van der Waals surface area contributed by atoms with E-state index in [1.165, 1.54) is 0 Å². The van der Waals surface area contributed by atoms with Gasteiger partial charge >= 0.3 is 0 Å². The first kappa shape index (κ1) is 8.89. The molecule has 2 aromatic rings. The standard InChI is InChI=1S/C6H7N5.ClH/c7-4-5-9-6-8-2-1-3-11(6)10-5;/h1-3H,4,7H2;1H. The van der Waals surface area contributed by atoms with Crippen LogP contribution in [0.25, 0.3) is 5.78 Å². The Labute approximate surface area is 75.0 Å². The third-order valence-electron chi connectivity index (χ3n) is 1.34. The van der Waals surface area contributed by atoms with Crippen molar-refractivity contribution < 1.29 is 0 Å². The second kappa shape index (κ2) is 3.46. The minimum absolute atomic E-state index is 0. The maximum absolute atomic E-state index is 5.35. The van der Waals surface area contributed by atoms with Crippen molar-refractivity contribution in [3.63, 3.8) is 0 Å². The third kappa shape index (κ3) is 1.37. The maximum atomic E-state index is 5.35. The molecule has 5 nitrogen and oxygen atoms in total. The van der Waals surface area contributed by atoms with Crippen LogP contribution in [0.15, 0.2) is 18.5 Å². The van der Waals surface area contributed by atoms with Gasteiger partial charge < -0.3 is 5.73 Å². The highest BCUT2D eigenvalue weighted by molar-refractivity contribution is 5.85. The van der Waals surface area contributed by atoms with Crippen molar-refractivity contribution >= 4 is 18.2 Å². The molecule has 0 amide bonds. The highest BCUT2D eigenvalue weighted by atomic mass is 35.5. The lowest BCUT2D eigenvalue weighted by molar-refractivity contribution is 0.865. The summed E-state index contributed by atoms with van der Waals surface area (Å²) in [5.74, 6) is 1.21. The van der Waals surface area contributed by atoms with E-state index >= 15 is 0 Å². The predicted molar refractivity (Wildman–Crippen MR) is 45.9 cm³/mol. The highest BCUT2D eigenvalue weighted by Gasteiger charge is 1.99. The van der Waals surface area contributed by atoms with E-state index in [1.807, 2.05) is 0 Å². The van der Waals surface area contributed by atoms with E-state index in [4.69, 9.17) is 5.73 Å². The van der Waals surface area contributed by atoms with Crippen molar-refractivity contribution in [2.75, 3.05) is 0 Å². The molecule has 0 aliphatic heterocycles. The smallest absolute Gasteiger partial charge is 0.252 e. The molecule has 2 N–H and O–H groups in total. The van der Waals surface area contributed by atoms with Gasteiger partial charge in [0.25, 0.3) is 5.78 Å². The predicted octanol–water partition coefficient (Wildman–Crippen LogP) is 0.00480. The molecule has 2 heterocycles. The molecule has 0 unspecified atom stereocenters. The van der Waals surface area contributed by atoms with Gasteiger partial charge in [0.05, 0.1) is 6.54 Å². The van der Waals surface area contributed by atoms with Crippen LogP contribution < -0.4 is 5.73 Å². The number of nitrogens with zero attached hydrogens (tertiary/aromatic N) is 4. The first-order valence-corrected chi connectivity index (χ1v) is 3.26. The molecule has 64 valence electrons. The Morgan fingerprint density at radius 1 is 1.50 bits per heavy atom. The molecule has 0 bridgehead atoms. The second-order valence-electron chi connectivity index (χ2n) is 2.10. The number of aromatic nitrogens is 4. The molecular weight excluding hydrogens is 178 g/mol. The zero-order chi connectivity index (χ0) is 7.68. The summed E-state index contributed by atoms with van der Waals surface area (Å²) in [5.41, 5.74) is 5.35. The van der Waals surface area contributed by atoms with E-state index in [0.29, 0.717) is 18.1 Å². The largest absolute Gasteiger partial charge is 0.324 e. The molecule has 0 saturated heterocycles. The lowest BCUT2D eigenvalue weighted by atomic mass is 10.6. The molecule has 12 heavy (non-hydrogen) atoms. The van der Waals surface area contributed by atoms with E-state index in [9.17, 15) is 0 Å². The topological polar surface area (TPSA) is 69.1 Å². The quantitative estimate of drug-likeness (QED) is 0.680. The van der Waals surface area contributed by atoms with Crippen LogP contribution in [0, 0.1) is 0 Å². The van der Waals surface area contributed by atoms with E-state index < -0.39 is 0 Å². The van der Waals surface area contributed by atoms with Gasteiger partial charge in [0.2, 0.25) is 0 Å². The number of hydrogen-bond donors (Lipinski definition) is 1. The zero-order valence-electron chi connectivity index (χ0n) is 6.21. The summed E-state index contributed by atoms with van der Waals surface area (Å²) in [7, 11) is 0. The fraction of sp³-hybridized carbons (Fsp3) is 0.167. The average Bonchev–Trinajstić information content (AvgIpc) is 2.46. The Morgan fingerprint density at radius 3 is 3.00 bits per heavy atom. The summed E-state index contributed by atoms with van der Waals surface area (Å²) < 4.78 is 1.60. The van der Waals surface area contributed by atoms with E-state index in [-0.39, 0.29) is 12.4 Å². The molecule has 0 aliphatic carbocycles. The Balaban J connectivity index is 0.000000720. The van der Waals surface area contributed by atoms with Crippen molar-refractivity contribution in [3.8, 4) is 0 Å². The summed E-state index contributed by atoms with van der Waals surface area (Å²) in [6.45, 7) is 0.351. The normalized spacial score (nSPS) is 9.75. The van der Waals surface area contributed by atoms with E-state index in [0.717, 1.165) is 0 Å². The number of nitrogens with two attached hydrogens (primary N) is 1. The van der Waals surface area contributed by atoms with Crippen LogP contribution in [-0.2, 0) is 6.54 Å². The van der Waals surface area contributed by atoms with Gasteiger partial charge in [-0.25, -0.2) is 9.50 Å². The molecule has 0 aliphatic rings. The minimum atomic E-state index is 0. The molecule has 6 heteroatoms. The fourth-order valence-electron chi connectivity index (χ4n) is 0.862. The summed E-state index contributed by atoms with van der Waals surface area (Å²) in [6, 6.07) is 1.79. The van der Waals surface area contributed by atoms with Crippen molar-refractivity contribution in [2.45, 2.75) is 6.54 Å². The zero-order valence-corrected chi connectivity index (χ0v) is 7.03. The minimum Gasteiger partial charge on any atom is -0.324 e. The SMILES string of the molecule is Cl.NCc1nc2ncccn2n1. The van der Waals surface area contributed by atoms with Crippen LogP contribution >= 0.6 is 12.4 Å². The lowest BCUT2D eigenvalue weighted by Crippen LogP contribution is -1.98. The van der Waals surface area contributed by atoms with Gasteiger partial charge in [-0.3, -0.25) is 0 Å². The fourth-order valence-corrected chi connectivity index (χ4v) is 0.862. The summed E-state index contributed by atoms with van der Waals surface area (Å²) in [5, 5.41) is 4.05. The van der Waals surface area contributed by atoms with Crippen molar-refractivity contribution in [3.05, 3.63) is 24.3 Å². The molecule has 0 radical (unpaired) electrons. The van der Waals surface area contributed by atoms with Crippen LogP contribution in [0.4, 0.5) is 0 Å². The Bertz CT molecular complexity index is 338. The number of halogens is 1. The average molecular weight is 186 g/mol. The molecule has 0 aromatic carbocycles. The van der Waals surface area contributed by atoms with Gasteiger partial charge in [0, 0.05) is 12.4 Å². The molecule has 0 atom stereocenters. The summed E-state index contributed by atoms with van der Waals surface area (Å²) in [4.78, 5) is 8.03. The van der Waals surface area contributed by atoms with Crippen LogP contribution in [-0.4, -0.2) is 19.6 Å². The van der Waals surface area contributed by atoms with Gasteiger partial charge in [0.15, 0.2) is 5.82 Å². The monoisotopic (exact) mass is 185 g/mol. The molecule has 0 spiro atoms. The number of rotatable bonds is 1.